The lowest BCUT2D eigenvalue weighted by molar-refractivity contribution is -0.242. The zero-order valence-corrected chi connectivity index (χ0v) is 15.0. The average molecular weight is 348 g/mol. The van der Waals surface area contributed by atoms with Gasteiger partial charge < -0.3 is 9.47 Å². The van der Waals surface area contributed by atoms with Gasteiger partial charge in [-0.15, -0.1) is 0 Å². The van der Waals surface area contributed by atoms with Gasteiger partial charge in [-0.05, 0) is 24.6 Å². The number of hydrogen-bond acceptors (Lipinski definition) is 4. The Morgan fingerprint density at radius 3 is 1.92 bits per heavy atom. The highest BCUT2D eigenvalue weighted by atomic mass is 16.7. The Labute approximate surface area is 153 Å². The van der Waals surface area contributed by atoms with E-state index in [0.29, 0.717) is 0 Å². The van der Waals surface area contributed by atoms with Gasteiger partial charge in [0.1, 0.15) is 0 Å². The summed E-state index contributed by atoms with van der Waals surface area (Å²) in [4.78, 5) is 25.3. The number of benzene rings is 2. The predicted octanol–water partition coefficient (Wildman–Crippen LogP) is 3.45. The van der Waals surface area contributed by atoms with Gasteiger partial charge in [0.25, 0.3) is 5.79 Å². The molecule has 1 fully saturated rings. The standard InChI is InChI=1S/C22H20O4/c1-21(2)25-19(23)18(20(24)26-21)22(3,17-12-8-5-9-13-17)15-14-16-10-6-4-7-11-16/h4-13,18H,1-3H3. The lowest BCUT2D eigenvalue weighted by Crippen LogP contribution is -2.53. The van der Waals surface area contributed by atoms with Crippen LogP contribution in [0.1, 0.15) is 31.9 Å². The molecule has 1 unspecified atom stereocenters. The van der Waals surface area contributed by atoms with Crippen molar-refractivity contribution in [3.8, 4) is 11.8 Å². The molecule has 1 aliphatic rings. The molecule has 4 heteroatoms. The van der Waals surface area contributed by atoms with E-state index in [0.717, 1.165) is 11.1 Å². The van der Waals surface area contributed by atoms with Gasteiger partial charge in [-0.25, -0.2) is 0 Å². The van der Waals surface area contributed by atoms with Crippen LogP contribution in [-0.4, -0.2) is 17.7 Å². The van der Waals surface area contributed by atoms with Crippen molar-refractivity contribution in [1.82, 2.24) is 0 Å². The number of carbonyl (C=O) groups excluding carboxylic acids is 2. The Kier molecular flexibility index (Phi) is 4.56. The molecule has 4 nitrogen and oxygen atoms in total. The number of rotatable bonds is 2. The minimum Gasteiger partial charge on any atom is -0.422 e. The molecule has 132 valence electrons. The number of cyclic esters (lactones) is 2. The lowest BCUT2D eigenvalue weighted by atomic mass is 9.71. The van der Waals surface area contributed by atoms with Crippen molar-refractivity contribution in [3.05, 3.63) is 71.8 Å². The van der Waals surface area contributed by atoms with Crippen LogP contribution in [0.4, 0.5) is 0 Å². The van der Waals surface area contributed by atoms with Crippen LogP contribution in [0.25, 0.3) is 0 Å². The molecule has 1 saturated heterocycles. The first-order valence-electron chi connectivity index (χ1n) is 8.41. The molecular formula is C22H20O4. The predicted molar refractivity (Wildman–Crippen MR) is 96.9 cm³/mol. The summed E-state index contributed by atoms with van der Waals surface area (Å²) < 4.78 is 10.7. The Balaban J connectivity index is 2.09. The van der Waals surface area contributed by atoms with Crippen molar-refractivity contribution in [1.29, 1.82) is 0 Å². The molecule has 0 saturated carbocycles. The van der Waals surface area contributed by atoms with Crippen molar-refractivity contribution in [2.75, 3.05) is 0 Å². The molecule has 0 radical (unpaired) electrons. The Morgan fingerprint density at radius 1 is 0.885 bits per heavy atom. The monoisotopic (exact) mass is 348 g/mol. The van der Waals surface area contributed by atoms with Gasteiger partial charge in [-0.1, -0.05) is 60.4 Å². The van der Waals surface area contributed by atoms with E-state index in [1.54, 1.807) is 6.92 Å². The van der Waals surface area contributed by atoms with E-state index in [9.17, 15) is 9.59 Å². The minimum absolute atomic E-state index is 0.625. The van der Waals surface area contributed by atoms with Crippen LogP contribution < -0.4 is 0 Å². The second-order valence-electron chi connectivity index (χ2n) is 6.86. The topological polar surface area (TPSA) is 52.6 Å². The fourth-order valence-electron chi connectivity index (χ4n) is 3.01. The largest absolute Gasteiger partial charge is 0.422 e. The van der Waals surface area contributed by atoms with Crippen LogP contribution >= 0.6 is 0 Å². The van der Waals surface area contributed by atoms with E-state index >= 15 is 0 Å². The first kappa shape index (κ1) is 17.8. The molecule has 1 aliphatic heterocycles. The molecule has 2 aromatic rings. The molecule has 0 aromatic heterocycles. The first-order chi connectivity index (χ1) is 12.3. The quantitative estimate of drug-likeness (QED) is 0.474. The van der Waals surface area contributed by atoms with Gasteiger partial charge in [0.15, 0.2) is 5.92 Å². The fraction of sp³-hybridized carbons (Fsp3) is 0.273. The average Bonchev–Trinajstić information content (AvgIpc) is 2.60. The van der Waals surface area contributed by atoms with Gasteiger partial charge in [-0.3, -0.25) is 9.59 Å². The van der Waals surface area contributed by atoms with Crippen molar-refractivity contribution in [2.45, 2.75) is 32.0 Å². The minimum atomic E-state index is -1.27. The third kappa shape index (κ3) is 3.48. The molecule has 0 amide bonds. The summed E-state index contributed by atoms with van der Waals surface area (Å²) in [7, 11) is 0. The summed E-state index contributed by atoms with van der Waals surface area (Å²) in [5.74, 6) is 2.54. The van der Waals surface area contributed by atoms with Crippen molar-refractivity contribution in [2.24, 2.45) is 5.92 Å². The van der Waals surface area contributed by atoms with Crippen molar-refractivity contribution < 1.29 is 19.1 Å². The molecule has 0 aliphatic carbocycles. The highest BCUT2D eigenvalue weighted by molar-refractivity contribution is 5.99. The van der Waals surface area contributed by atoms with E-state index in [-0.39, 0.29) is 0 Å². The van der Waals surface area contributed by atoms with Crippen LogP contribution in [-0.2, 0) is 24.5 Å². The van der Waals surface area contributed by atoms with Gasteiger partial charge in [-0.2, -0.15) is 0 Å². The fourth-order valence-corrected chi connectivity index (χ4v) is 3.01. The van der Waals surface area contributed by atoms with Crippen LogP contribution in [0.5, 0.6) is 0 Å². The van der Waals surface area contributed by atoms with E-state index < -0.39 is 29.1 Å². The summed E-state index contributed by atoms with van der Waals surface area (Å²) >= 11 is 0. The summed E-state index contributed by atoms with van der Waals surface area (Å²) in [5, 5.41) is 0. The second kappa shape index (κ2) is 6.68. The van der Waals surface area contributed by atoms with Crippen LogP contribution in [0, 0.1) is 17.8 Å². The number of esters is 2. The highest BCUT2D eigenvalue weighted by Crippen LogP contribution is 2.38. The number of hydrogen-bond donors (Lipinski definition) is 0. The summed E-state index contributed by atoms with van der Waals surface area (Å²) in [6, 6.07) is 18.7. The third-order valence-corrected chi connectivity index (χ3v) is 4.36. The normalized spacial score (nSPS) is 18.7. The maximum atomic E-state index is 12.7. The van der Waals surface area contributed by atoms with E-state index in [1.165, 1.54) is 13.8 Å². The molecule has 2 aromatic carbocycles. The SMILES string of the molecule is CC1(C)OC(=O)C(C(C)(C#Cc2ccccc2)c2ccccc2)C(=O)O1. The van der Waals surface area contributed by atoms with Crippen molar-refractivity contribution >= 4 is 11.9 Å². The van der Waals surface area contributed by atoms with E-state index in [4.69, 9.17) is 9.47 Å². The zero-order chi connectivity index (χ0) is 18.8. The molecule has 3 rings (SSSR count). The van der Waals surface area contributed by atoms with Crippen LogP contribution in [0.3, 0.4) is 0 Å². The Hall–Kier alpha value is -3.06. The molecule has 1 atom stereocenters. The highest BCUT2D eigenvalue weighted by Gasteiger charge is 2.53. The number of carbonyl (C=O) groups is 2. The first-order valence-corrected chi connectivity index (χ1v) is 8.41. The van der Waals surface area contributed by atoms with Gasteiger partial charge in [0.05, 0.1) is 5.41 Å². The second-order valence-corrected chi connectivity index (χ2v) is 6.86. The smallest absolute Gasteiger partial charge is 0.325 e. The molecule has 26 heavy (non-hydrogen) atoms. The maximum Gasteiger partial charge on any atom is 0.325 e. The zero-order valence-electron chi connectivity index (χ0n) is 15.0. The van der Waals surface area contributed by atoms with Crippen LogP contribution in [0.2, 0.25) is 0 Å². The molecule has 0 N–H and O–H groups in total. The van der Waals surface area contributed by atoms with Gasteiger partial charge in [0.2, 0.25) is 0 Å². The maximum absolute atomic E-state index is 12.7. The van der Waals surface area contributed by atoms with Gasteiger partial charge >= 0.3 is 11.9 Å². The Morgan fingerprint density at radius 2 is 1.38 bits per heavy atom. The summed E-state index contributed by atoms with van der Waals surface area (Å²) in [6.45, 7) is 4.84. The van der Waals surface area contributed by atoms with E-state index in [1.807, 2.05) is 60.7 Å². The van der Waals surface area contributed by atoms with Crippen LogP contribution in [0.15, 0.2) is 60.7 Å². The lowest BCUT2D eigenvalue weighted by Gasteiger charge is -2.38. The van der Waals surface area contributed by atoms with Gasteiger partial charge in [0, 0.05) is 19.4 Å². The Bertz CT molecular complexity index is 855. The third-order valence-electron chi connectivity index (χ3n) is 4.36. The molecule has 0 spiro atoms. The van der Waals surface area contributed by atoms with Crippen molar-refractivity contribution in [3.63, 3.8) is 0 Å². The number of ether oxygens (including phenoxy) is 2. The molecule has 1 heterocycles. The summed E-state index contributed by atoms with van der Waals surface area (Å²) in [6.07, 6.45) is 0. The van der Waals surface area contributed by atoms with E-state index in [2.05, 4.69) is 11.8 Å². The summed E-state index contributed by atoms with van der Waals surface area (Å²) in [5.41, 5.74) is 0.469. The molecule has 0 bridgehead atoms. The molecular weight excluding hydrogens is 328 g/mol.